The topological polar surface area (TPSA) is 55.8 Å². The summed E-state index contributed by atoms with van der Waals surface area (Å²) in [5.41, 5.74) is 0. The number of morpholine rings is 1. The summed E-state index contributed by atoms with van der Waals surface area (Å²) in [4.78, 5) is 24.7. The molecular formula is C14H23NO4. The van der Waals surface area contributed by atoms with Crippen LogP contribution in [0.3, 0.4) is 0 Å². The fourth-order valence-corrected chi connectivity index (χ4v) is 2.99. The van der Waals surface area contributed by atoms with Crippen LogP contribution in [0.2, 0.25) is 0 Å². The van der Waals surface area contributed by atoms with Crippen molar-refractivity contribution >= 4 is 12.4 Å². The van der Waals surface area contributed by atoms with Gasteiger partial charge in [0.25, 0.3) is 12.4 Å². The second-order valence-electron chi connectivity index (χ2n) is 5.40. The number of hydrogen-bond acceptors (Lipinski definition) is 4. The van der Waals surface area contributed by atoms with Crippen molar-refractivity contribution in [3.63, 3.8) is 0 Å². The standard InChI is InChI=1S/C14H23NO4/c16-11-19-13(10-12-4-2-1-3-5-12)14(17)15-6-8-18-9-7-15/h11-13H,1-10H2/t13-/m0/s1. The fourth-order valence-electron chi connectivity index (χ4n) is 2.99. The third kappa shape index (κ3) is 4.20. The Balaban J connectivity index is 1.89. The normalized spacial score (nSPS) is 22.8. The molecule has 0 aromatic heterocycles. The van der Waals surface area contributed by atoms with Crippen LogP contribution in [0.1, 0.15) is 38.5 Å². The van der Waals surface area contributed by atoms with Gasteiger partial charge in [-0.25, -0.2) is 0 Å². The minimum atomic E-state index is -0.598. The Labute approximate surface area is 114 Å². The predicted molar refractivity (Wildman–Crippen MR) is 69.5 cm³/mol. The maximum absolute atomic E-state index is 12.3. The highest BCUT2D eigenvalue weighted by molar-refractivity contribution is 5.82. The Bertz CT molecular complexity index is 296. The van der Waals surface area contributed by atoms with Crippen molar-refractivity contribution in [1.82, 2.24) is 4.90 Å². The summed E-state index contributed by atoms with van der Waals surface area (Å²) in [5, 5.41) is 0. The van der Waals surface area contributed by atoms with E-state index in [-0.39, 0.29) is 5.91 Å². The zero-order chi connectivity index (χ0) is 13.5. The summed E-state index contributed by atoms with van der Waals surface area (Å²) >= 11 is 0. The number of amides is 1. The smallest absolute Gasteiger partial charge is 0.293 e. The Morgan fingerprint density at radius 1 is 1.26 bits per heavy atom. The lowest BCUT2D eigenvalue weighted by Gasteiger charge is -2.31. The lowest BCUT2D eigenvalue weighted by molar-refractivity contribution is -0.155. The van der Waals surface area contributed by atoms with E-state index < -0.39 is 6.10 Å². The second-order valence-corrected chi connectivity index (χ2v) is 5.40. The molecule has 2 fully saturated rings. The average Bonchev–Trinajstić information content (AvgIpc) is 2.48. The van der Waals surface area contributed by atoms with Crippen molar-refractivity contribution in [1.29, 1.82) is 0 Å². The SMILES string of the molecule is O=CO[C@@H](CC1CCCCC1)C(=O)N1CCOCC1. The largest absolute Gasteiger partial charge is 0.454 e. The molecule has 0 aromatic carbocycles. The number of hydrogen-bond donors (Lipinski definition) is 0. The zero-order valence-corrected chi connectivity index (χ0v) is 11.4. The summed E-state index contributed by atoms with van der Waals surface area (Å²) in [6.45, 7) is 2.75. The minimum Gasteiger partial charge on any atom is -0.454 e. The maximum Gasteiger partial charge on any atom is 0.293 e. The van der Waals surface area contributed by atoms with Crippen LogP contribution in [0.5, 0.6) is 0 Å². The molecule has 1 saturated carbocycles. The molecule has 2 rings (SSSR count). The highest BCUT2D eigenvalue weighted by Crippen LogP contribution is 2.28. The van der Waals surface area contributed by atoms with Crippen LogP contribution in [-0.4, -0.2) is 49.7 Å². The number of rotatable bonds is 5. The molecule has 1 amide bonds. The lowest BCUT2D eigenvalue weighted by Crippen LogP contribution is -2.47. The van der Waals surface area contributed by atoms with Gasteiger partial charge in [-0.3, -0.25) is 9.59 Å². The van der Waals surface area contributed by atoms with Gasteiger partial charge in [0, 0.05) is 13.1 Å². The molecule has 19 heavy (non-hydrogen) atoms. The first-order valence-electron chi connectivity index (χ1n) is 7.27. The van der Waals surface area contributed by atoms with Crippen molar-refractivity contribution in [3.8, 4) is 0 Å². The molecule has 0 bridgehead atoms. The molecule has 1 atom stereocenters. The van der Waals surface area contributed by atoms with Crippen molar-refractivity contribution in [2.45, 2.75) is 44.6 Å². The van der Waals surface area contributed by atoms with E-state index in [2.05, 4.69) is 0 Å². The fraction of sp³-hybridized carbons (Fsp3) is 0.857. The van der Waals surface area contributed by atoms with Gasteiger partial charge in [-0.2, -0.15) is 0 Å². The van der Waals surface area contributed by atoms with Crippen molar-refractivity contribution in [3.05, 3.63) is 0 Å². The van der Waals surface area contributed by atoms with Crippen molar-refractivity contribution in [2.75, 3.05) is 26.3 Å². The van der Waals surface area contributed by atoms with E-state index in [1.807, 2.05) is 0 Å². The zero-order valence-electron chi connectivity index (χ0n) is 11.4. The summed E-state index contributed by atoms with van der Waals surface area (Å²) in [5.74, 6) is 0.463. The van der Waals surface area contributed by atoms with Crippen LogP contribution >= 0.6 is 0 Å². The van der Waals surface area contributed by atoms with Gasteiger partial charge in [0.1, 0.15) is 0 Å². The third-order valence-electron chi connectivity index (χ3n) is 4.09. The number of carbonyl (C=O) groups excluding carboxylic acids is 2. The minimum absolute atomic E-state index is 0.0547. The first kappa shape index (κ1) is 14.3. The summed E-state index contributed by atoms with van der Waals surface area (Å²) in [6, 6.07) is 0. The molecule has 1 saturated heterocycles. The van der Waals surface area contributed by atoms with Crippen molar-refractivity contribution in [2.24, 2.45) is 5.92 Å². The molecule has 1 heterocycles. The number of carbonyl (C=O) groups is 2. The van der Waals surface area contributed by atoms with Gasteiger partial charge in [0.2, 0.25) is 0 Å². The van der Waals surface area contributed by atoms with Crippen LogP contribution in [0.4, 0.5) is 0 Å². The molecule has 1 aliphatic heterocycles. The van der Waals surface area contributed by atoms with Gasteiger partial charge >= 0.3 is 0 Å². The van der Waals surface area contributed by atoms with Crippen LogP contribution < -0.4 is 0 Å². The molecule has 1 aliphatic carbocycles. The van der Waals surface area contributed by atoms with Gasteiger partial charge in [0.15, 0.2) is 6.10 Å². The van der Waals surface area contributed by atoms with Crippen LogP contribution in [0.15, 0.2) is 0 Å². The quantitative estimate of drug-likeness (QED) is 0.707. The van der Waals surface area contributed by atoms with Gasteiger partial charge in [-0.15, -0.1) is 0 Å². The Hall–Kier alpha value is -1.10. The highest BCUT2D eigenvalue weighted by atomic mass is 16.5. The van der Waals surface area contributed by atoms with Gasteiger partial charge in [-0.1, -0.05) is 32.1 Å². The highest BCUT2D eigenvalue weighted by Gasteiger charge is 2.30. The maximum atomic E-state index is 12.3. The average molecular weight is 269 g/mol. The lowest BCUT2D eigenvalue weighted by atomic mass is 9.85. The van der Waals surface area contributed by atoms with Crippen LogP contribution in [-0.2, 0) is 19.1 Å². The van der Waals surface area contributed by atoms with E-state index in [4.69, 9.17) is 9.47 Å². The molecule has 0 aromatic rings. The van der Waals surface area contributed by atoms with Crippen LogP contribution in [0.25, 0.3) is 0 Å². The first-order valence-corrected chi connectivity index (χ1v) is 7.27. The molecule has 2 aliphatic rings. The second kappa shape index (κ2) is 7.48. The Morgan fingerprint density at radius 3 is 2.58 bits per heavy atom. The molecule has 0 unspecified atom stereocenters. The van der Waals surface area contributed by atoms with E-state index in [9.17, 15) is 9.59 Å². The molecular weight excluding hydrogens is 246 g/mol. The van der Waals surface area contributed by atoms with E-state index >= 15 is 0 Å². The molecule has 0 radical (unpaired) electrons. The van der Waals surface area contributed by atoms with E-state index in [1.54, 1.807) is 4.90 Å². The molecule has 5 nitrogen and oxygen atoms in total. The van der Waals surface area contributed by atoms with Gasteiger partial charge in [0.05, 0.1) is 13.2 Å². The third-order valence-corrected chi connectivity index (χ3v) is 4.09. The van der Waals surface area contributed by atoms with Crippen molar-refractivity contribution < 1.29 is 19.1 Å². The van der Waals surface area contributed by atoms with Crippen LogP contribution in [0, 0.1) is 5.92 Å². The summed E-state index contributed by atoms with van der Waals surface area (Å²) in [7, 11) is 0. The number of ether oxygens (including phenoxy) is 2. The van der Waals surface area contributed by atoms with E-state index in [1.165, 1.54) is 19.3 Å². The van der Waals surface area contributed by atoms with Gasteiger partial charge < -0.3 is 14.4 Å². The Morgan fingerprint density at radius 2 is 1.95 bits per heavy atom. The van der Waals surface area contributed by atoms with Gasteiger partial charge in [-0.05, 0) is 12.3 Å². The van der Waals surface area contributed by atoms with E-state index in [0.717, 1.165) is 12.8 Å². The predicted octanol–water partition coefficient (Wildman–Crippen LogP) is 1.36. The Kier molecular flexibility index (Phi) is 5.63. The van der Waals surface area contributed by atoms with E-state index in [0.29, 0.717) is 45.1 Å². The molecule has 5 heteroatoms. The summed E-state index contributed by atoms with van der Waals surface area (Å²) in [6.07, 6.45) is 6.11. The molecule has 0 N–H and O–H groups in total. The first-order chi connectivity index (χ1) is 9.31. The molecule has 0 spiro atoms. The number of nitrogens with zero attached hydrogens (tertiary/aromatic N) is 1. The molecule has 108 valence electrons. The monoisotopic (exact) mass is 269 g/mol. The summed E-state index contributed by atoms with van der Waals surface area (Å²) < 4.78 is 10.3.